The Morgan fingerprint density at radius 1 is 1.14 bits per heavy atom. The number of nitrogens with one attached hydrogen (secondary N) is 1. The fraction of sp³-hybridized carbons (Fsp3) is 0.450. The van der Waals surface area contributed by atoms with E-state index in [1.807, 2.05) is 18.2 Å². The molecule has 202 valence electrons. The van der Waals surface area contributed by atoms with E-state index in [1.165, 1.54) is 4.68 Å². The van der Waals surface area contributed by atoms with Crippen molar-refractivity contribution in [2.45, 2.75) is 38.1 Å². The summed E-state index contributed by atoms with van der Waals surface area (Å²) in [6.07, 6.45) is -2.64. The number of benzene rings is 1. The molecule has 17 heteroatoms. The number of aromatic nitrogens is 4. The Hall–Kier alpha value is -1.63. The summed E-state index contributed by atoms with van der Waals surface area (Å²) in [6.45, 7) is 1.55. The van der Waals surface area contributed by atoms with Gasteiger partial charge in [0.05, 0.1) is 29.8 Å². The number of aliphatic hydroxyl groups excluding tert-OH is 2. The van der Waals surface area contributed by atoms with E-state index in [0.717, 1.165) is 5.56 Å². The highest BCUT2D eigenvalue weighted by Crippen LogP contribution is 2.56. The van der Waals surface area contributed by atoms with Crippen molar-refractivity contribution in [3.63, 3.8) is 0 Å². The summed E-state index contributed by atoms with van der Waals surface area (Å²) in [5.74, 6) is -1.78. The zero-order chi connectivity index (χ0) is 27.1. The van der Waals surface area contributed by atoms with E-state index in [0.29, 0.717) is 34.1 Å². The van der Waals surface area contributed by atoms with Crippen molar-refractivity contribution in [3.8, 4) is 0 Å². The van der Waals surface area contributed by atoms with Crippen LogP contribution >= 0.6 is 38.4 Å². The number of aliphatic hydroxyl groups is 2. The number of hydrogen-bond donors (Lipinski definition) is 6. The van der Waals surface area contributed by atoms with Crippen LogP contribution in [0, 0.1) is 12.8 Å². The van der Waals surface area contributed by atoms with Crippen LogP contribution in [0.4, 0.5) is 5.82 Å². The number of fused-ring (bicyclic) bond motifs is 1. The first kappa shape index (κ1) is 28.4. The number of anilines is 1. The van der Waals surface area contributed by atoms with Crippen molar-refractivity contribution in [2.24, 2.45) is 5.92 Å². The van der Waals surface area contributed by atoms with E-state index in [-0.39, 0.29) is 11.7 Å². The van der Waals surface area contributed by atoms with Crippen LogP contribution in [0.25, 0.3) is 11.0 Å². The monoisotopic (exact) mass is 595 g/mol. The van der Waals surface area contributed by atoms with Gasteiger partial charge in [0, 0.05) is 17.5 Å². The molecule has 4 rings (SSSR count). The average Bonchev–Trinajstić information content (AvgIpc) is 3.26. The van der Waals surface area contributed by atoms with Crippen molar-refractivity contribution >= 4 is 55.2 Å². The van der Waals surface area contributed by atoms with E-state index >= 15 is 0 Å². The fourth-order valence-electron chi connectivity index (χ4n) is 4.35. The van der Waals surface area contributed by atoms with Crippen LogP contribution in [0.15, 0.2) is 24.3 Å². The minimum Gasteiger partial charge on any atom is -0.390 e. The van der Waals surface area contributed by atoms with Gasteiger partial charge in [-0.1, -0.05) is 29.8 Å². The van der Waals surface area contributed by atoms with Crippen LogP contribution in [0.5, 0.6) is 0 Å². The Labute approximate surface area is 221 Å². The second kappa shape index (κ2) is 10.9. The smallest absolute Gasteiger partial charge is 0.340 e. The predicted molar refractivity (Wildman–Crippen MR) is 136 cm³/mol. The first-order valence-electron chi connectivity index (χ1n) is 11.0. The number of nitrogens with zero attached hydrogens (tertiary/aromatic N) is 4. The predicted octanol–water partition coefficient (Wildman–Crippen LogP) is 2.67. The summed E-state index contributed by atoms with van der Waals surface area (Å²) >= 11 is 12.4. The number of aryl methyl sites for hydroxylation is 1. The highest BCUT2D eigenvalue weighted by Gasteiger charge is 2.45. The number of halogens is 2. The molecule has 1 aliphatic carbocycles. The molecule has 37 heavy (non-hydrogen) atoms. The van der Waals surface area contributed by atoms with E-state index in [1.54, 1.807) is 13.0 Å². The highest BCUT2D eigenvalue weighted by molar-refractivity contribution is 7.70. The molecule has 0 aliphatic heterocycles. The van der Waals surface area contributed by atoms with Crippen LogP contribution in [0.2, 0.25) is 10.3 Å². The van der Waals surface area contributed by atoms with Crippen LogP contribution in [0.3, 0.4) is 0 Å². The van der Waals surface area contributed by atoms with Gasteiger partial charge in [-0.15, -0.1) is 0 Å². The fourth-order valence-corrected chi connectivity index (χ4v) is 7.33. The van der Waals surface area contributed by atoms with Gasteiger partial charge in [0.1, 0.15) is 11.9 Å². The van der Waals surface area contributed by atoms with Crippen molar-refractivity contribution in [1.82, 2.24) is 19.7 Å². The van der Waals surface area contributed by atoms with Gasteiger partial charge in [-0.05, 0) is 36.6 Å². The Bertz CT molecular complexity index is 1400. The van der Waals surface area contributed by atoms with Gasteiger partial charge in [-0.3, -0.25) is 9.13 Å². The third kappa shape index (κ3) is 6.51. The summed E-state index contributed by atoms with van der Waals surface area (Å²) in [7, 11) is -9.43. The maximum atomic E-state index is 12.0. The molecule has 1 fully saturated rings. The third-order valence-electron chi connectivity index (χ3n) is 6.04. The maximum Gasteiger partial charge on any atom is 0.340 e. The lowest BCUT2D eigenvalue weighted by Crippen LogP contribution is -2.31. The van der Waals surface area contributed by atoms with Crippen LogP contribution in [-0.2, 0) is 20.2 Å². The molecule has 5 atom stereocenters. The molecule has 1 saturated carbocycles. The molecule has 0 amide bonds. The Morgan fingerprint density at radius 2 is 1.84 bits per heavy atom. The van der Waals surface area contributed by atoms with Crippen LogP contribution < -0.4 is 5.32 Å². The molecule has 1 unspecified atom stereocenters. The van der Waals surface area contributed by atoms with Gasteiger partial charge < -0.3 is 34.7 Å². The molecule has 1 aliphatic rings. The number of rotatable bonds is 9. The molecule has 6 N–H and O–H groups in total. The minimum absolute atomic E-state index is 0.0679. The van der Waals surface area contributed by atoms with Gasteiger partial charge in [0.2, 0.25) is 5.28 Å². The average molecular weight is 596 g/mol. The molecule has 2 heterocycles. The molecule has 0 spiro atoms. The van der Waals surface area contributed by atoms with E-state index in [9.17, 15) is 24.2 Å². The topological polar surface area (TPSA) is 200 Å². The second-order valence-corrected chi connectivity index (χ2v) is 13.5. The molecule has 0 radical (unpaired) electrons. The second-order valence-electron chi connectivity index (χ2n) is 8.80. The van der Waals surface area contributed by atoms with Gasteiger partial charge >= 0.3 is 15.2 Å². The quantitative estimate of drug-likeness (QED) is 0.156. The lowest BCUT2D eigenvalue weighted by Gasteiger charge is -2.19. The van der Waals surface area contributed by atoms with E-state index in [2.05, 4.69) is 20.4 Å². The molecule has 0 bridgehead atoms. The molecular formula is C20H25Cl2N5O8P2. The van der Waals surface area contributed by atoms with Crippen molar-refractivity contribution in [1.29, 1.82) is 0 Å². The summed E-state index contributed by atoms with van der Waals surface area (Å²) in [5, 5.41) is 30.0. The van der Waals surface area contributed by atoms with Crippen LogP contribution in [0.1, 0.15) is 23.7 Å². The van der Waals surface area contributed by atoms with Gasteiger partial charge in [0.25, 0.3) is 0 Å². The zero-order valence-electron chi connectivity index (χ0n) is 19.3. The van der Waals surface area contributed by atoms with Gasteiger partial charge in [-0.2, -0.15) is 15.1 Å². The SMILES string of the molecule is Cc1nn([C@@H]2C[C@H](COP(=O)(O)CP(=O)(O)O)[C@@H](O)[C@H]2O)c2nc(Cl)nc(NCc3ccccc3Cl)c12. The van der Waals surface area contributed by atoms with Gasteiger partial charge in [0.15, 0.2) is 11.6 Å². The standard InChI is InChI=1S/C20H25Cl2N5O8P2/c1-10-15-18(23-7-11-4-2-3-5-13(11)21)24-20(22)25-19(15)27(26-10)14-6-12(16(28)17(14)29)8-35-37(33,34)9-36(30,31)32/h2-5,12,14,16-17,28-29H,6-9H2,1H3,(H,33,34)(H,23,24,25)(H2,30,31,32)/t12-,14-,16-,17+/m1/s1. The Morgan fingerprint density at radius 3 is 2.51 bits per heavy atom. The third-order valence-corrected chi connectivity index (χ3v) is 10.0. The molecule has 13 nitrogen and oxygen atoms in total. The minimum atomic E-state index is -4.80. The largest absolute Gasteiger partial charge is 0.390 e. The molecular weight excluding hydrogens is 571 g/mol. The lowest BCUT2D eigenvalue weighted by atomic mass is 10.1. The zero-order valence-corrected chi connectivity index (χ0v) is 22.6. The highest BCUT2D eigenvalue weighted by atomic mass is 35.5. The summed E-state index contributed by atoms with van der Waals surface area (Å²) in [5.41, 5.74) is 1.65. The summed E-state index contributed by atoms with van der Waals surface area (Å²) in [4.78, 5) is 36.2. The first-order chi connectivity index (χ1) is 17.3. The molecule has 1 aromatic carbocycles. The Kier molecular flexibility index (Phi) is 8.33. The Balaban J connectivity index is 1.58. The van der Waals surface area contributed by atoms with E-state index in [4.69, 9.17) is 37.5 Å². The lowest BCUT2D eigenvalue weighted by molar-refractivity contribution is -0.00345. The van der Waals surface area contributed by atoms with Crippen molar-refractivity contribution in [3.05, 3.63) is 45.8 Å². The molecule has 2 aromatic heterocycles. The van der Waals surface area contributed by atoms with Gasteiger partial charge in [-0.25, -0.2) is 4.68 Å². The first-order valence-corrected chi connectivity index (χ1v) is 15.3. The normalized spacial score (nSPS) is 23.9. The maximum absolute atomic E-state index is 12.0. The molecule has 3 aromatic rings. The number of hydrogen-bond acceptors (Lipinski definition) is 9. The van der Waals surface area contributed by atoms with Crippen LogP contribution in [-0.4, -0.2) is 69.4 Å². The molecule has 0 saturated heterocycles. The van der Waals surface area contributed by atoms with E-state index < -0.39 is 51.9 Å². The van der Waals surface area contributed by atoms with Crippen molar-refractivity contribution < 1.29 is 38.5 Å². The van der Waals surface area contributed by atoms with Crippen molar-refractivity contribution in [2.75, 3.05) is 17.8 Å². The summed E-state index contributed by atoms with van der Waals surface area (Å²) < 4.78 is 29.3. The summed E-state index contributed by atoms with van der Waals surface area (Å²) in [6, 6.07) is 6.48.